The molecule has 8 aliphatic rings. The van der Waals surface area contributed by atoms with Gasteiger partial charge in [-0.05, 0) is 170 Å². The average molecular weight is 569 g/mol. The van der Waals surface area contributed by atoms with E-state index in [0.717, 1.165) is 46.6 Å². The van der Waals surface area contributed by atoms with Gasteiger partial charge < -0.3 is 0 Å². The van der Waals surface area contributed by atoms with Gasteiger partial charge in [-0.2, -0.15) is 0 Å². The molecule has 8 rings (SSSR count). The third kappa shape index (κ3) is 3.94. The summed E-state index contributed by atoms with van der Waals surface area (Å²) < 4.78 is 0. The van der Waals surface area contributed by atoms with E-state index in [1.807, 2.05) is 44.6 Å². The fourth-order valence-electron chi connectivity index (χ4n) is 14.0. The zero-order valence-electron chi connectivity index (χ0n) is 28.0. The Labute approximate surface area is 254 Å². The lowest BCUT2D eigenvalue weighted by atomic mass is 9.69. The van der Waals surface area contributed by atoms with E-state index in [2.05, 4.69) is 54.6 Å². The van der Waals surface area contributed by atoms with E-state index in [1.165, 1.54) is 89.9 Å². The predicted octanol–water partition coefficient (Wildman–Crippen LogP) is 12.0. The summed E-state index contributed by atoms with van der Waals surface area (Å²) in [6.07, 6.45) is 20.1. The molecule has 0 bridgehead atoms. The van der Waals surface area contributed by atoms with Crippen molar-refractivity contribution in [3.63, 3.8) is 0 Å². The molecular weight excluding hydrogens is 509 g/mol. The standard InChI is InChI=1S/C40H60Si/c1-23-17-29-25-13-9-11-15-27(25)31-19-39(3,4)21-33(31)35(29)37(23)41(7,8)38-24(2)18-30-26-14-10-12-16-28(26)32-20-40(5,6)22-34(32)36(30)38/h23-24,29-30,35-38H,9-22H2,1-8H3. The number of fused-ring (bicyclic) bond motifs is 8. The second kappa shape index (κ2) is 9.11. The number of hydrogen-bond acceptors (Lipinski definition) is 0. The normalized spacial score (nSPS) is 42.7. The van der Waals surface area contributed by atoms with Gasteiger partial charge in [0.25, 0.3) is 0 Å². The van der Waals surface area contributed by atoms with Gasteiger partial charge in [0.15, 0.2) is 0 Å². The maximum Gasteiger partial charge on any atom is 0.0553 e. The van der Waals surface area contributed by atoms with Crippen molar-refractivity contribution in [3.05, 3.63) is 44.6 Å². The largest absolute Gasteiger partial charge is 0.0689 e. The van der Waals surface area contributed by atoms with E-state index in [9.17, 15) is 0 Å². The van der Waals surface area contributed by atoms with Crippen LogP contribution in [0, 0.1) is 46.3 Å². The maximum absolute atomic E-state index is 2.95. The van der Waals surface area contributed by atoms with Crippen LogP contribution in [0.4, 0.5) is 0 Å². The van der Waals surface area contributed by atoms with Crippen LogP contribution in [0.25, 0.3) is 0 Å². The van der Waals surface area contributed by atoms with Crippen molar-refractivity contribution < 1.29 is 0 Å². The molecular formula is C40H60Si. The molecule has 0 radical (unpaired) electrons. The molecule has 8 unspecified atom stereocenters. The van der Waals surface area contributed by atoms with Crippen molar-refractivity contribution in [3.8, 4) is 0 Å². The fraction of sp³-hybridized carbons (Fsp3) is 0.800. The topological polar surface area (TPSA) is 0 Å². The van der Waals surface area contributed by atoms with Crippen LogP contribution in [-0.2, 0) is 0 Å². The van der Waals surface area contributed by atoms with Crippen LogP contribution in [0.3, 0.4) is 0 Å². The predicted molar refractivity (Wildman–Crippen MR) is 178 cm³/mol. The summed E-state index contributed by atoms with van der Waals surface area (Å²) in [4.78, 5) is 0. The monoisotopic (exact) mass is 568 g/mol. The SMILES string of the molecule is CC1CC2C3=C(CCCC3)C3=C(CC(C)(C)C3)C2C1[Si](C)(C)C1C(C)CC2C3=C(CCCC3)C3=C(CC(C)(C)C3)C21. The fourth-order valence-corrected chi connectivity index (χ4v) is 20.4. The van der Waals surface area contributed by atoms with E-state index in [0.29, 0.717) is 10.8 Å². The van der Waals surface area contributed by atoms with Gasteiger partial charge >= 0.3 is 0 Å². The molecule has 224 valence electrons. The lowest BCUT2D eigenvalue weighted by Crippen LogP contribution is -2.47. The van der Waals surface area contributed by atoms with E-state index < -0.39 is 8.07 Å². The molecule has 0 heterocycles. The van der Waals surface area contributed by atoms with Crippen molar-refractivity contribution in [1.82, 2.24) is 0 Å². The van der Waals surface area contributed by atoms with E-state index in [1.54, 1.807) is 0 Å². The average Bonchev–Trinajstić information content (AvgIpc) is 3.63. The third-order valence-corrected chi connectivity index (χ3v) is 20.0. The molecule has 0 spiro atoms. The molecule has 0 amide bonds. The van der Waals surface area contributed by atoms with Gasteiger partial charge in [-0.25, -0.2) is 0 Å². The van der Waals surface area contributed by atoms with E-state index in [-0.39, 0.29) is 0 Å². The summed E-state index contributed by atoms with van der Waals surface area (Å²) in [5.74, 6) is 5.41. The van der Waals surface area contributed by atoms with Gasteiger partial charge in [-0.1, -0.05) is 76.9 Å². The summed E-state index contributed by atoms with van der Waals surface area (Å²) >= 11 is 0. The van der Waals surface area contributed by atoms with Crippen LogP contribution < -0.4 is 0 Å². The Bertz CT molecular complexity index is 1190. The van der Waals surface area contributed by atoms with Crippen LogP contribution in [-0.4, -0.2) is 8.07 Å². The first-order valence-electron chi connectivity index (χ1n) is 18.3. The number of allylic oxidation sites excluding steroid dienone is 8. The zero-order valence-corrected chi connectivity index (χ0v) is 29.0. The zero-order chi connectivity index (χ0) is 28.6. The van der Waals surface area contributed by atoms with Crippen molar-refractivity contribution in [2.75, 3.05) is 0 Å². The minimum Gasteiger partial charge on any atom is -0.0689 e. The summed E-state index contributed by atoms with van der Waals surface area (Å²) in [6.45, 7) is 21.8. The van der Waals surface area contributed by atoms with Crippen LogP contribution in [0.2, 0.25) is 24.2 Å². The summed E-state index contributed by atoms with van der Waals surface area (Å²) in [5, 5.41) is 0. The third-order valence-electron chi connectivity index (χ3n) is 14.7. The Morgan fingerprint density at radius 1 is 0.512 bits per heavy atom. The molecule has 0 nitrogen and oxygen atoms in total. The van der Waals surface area contributed by atoms with Crippen molar-refractivity contribution in [2.24, 2.45) is 46.3 Å². The lowest BCUT2D eigenvalue weighted by Gasteiger charge is -2.49. The van der Waals surface area contributed by atoms with Crippen molar-refractivity contribution in [2.45, 2.75) is 156 Å². The maximum atomic E-state index is 2.95. The second-order valence-corrected chi connectivity index (χ2v) is 24.0. The molecule has 8 atom stereocenters. The highest BCUT2D eigenvalue weighted by atomic mass is 28.3. The molecule has 0 N–H and O–H groups in total. The number of rotatable bonds is 2. The molecule has 0 aromatic heterocycles. The van der Waals surface area contributed by atoms with E-state index in [4.69, 9.17) is 0 Å². The minimum absolute atomic E-state index is 0.477. The first-order chi connectivity index (χ1) is 19.4. The lowest BCUT2D eigenvalue weighted by molar-refractivity contribution is 0.364. The van der Waals surface area contributed by atoms with Crippen molar-refractivity contribution >= 4 is 8.07 Å². The van der Waals surface area contributed by atoms with Crippen molar-refractivity contribution in [1.29, 1.82) is 0 Å². The Kier molecular flexibility index (Phi) is 6.15. The summed E-state index contributed by atoms with van der Waals surface area (Å²) in [7, 11) is -1.62. The second-order valence-electron chi connectivity index (χ2n) is 19.0. The molecule has 0 aromatic rings. The Morgan fingerprint density at radius 3 is 1.32 bits per heavy atom. The Morgan fingerprint density at radius 2 is 0.902 bits per heavy atom. The highest BCUT2D eigenvalue weighted by Crippen LogP contribution is 2.71. The van der Waals surface area contributed by atoms with Gasteiger partial charge in [0.1, 0.15) is 0 Å². The Balaban J connectivity index is 1.22. The quantitative estimate of drug-likeness (QED) is 0.291. The molecule has 2 fully saturated rings. The van der Waals surface area contributed by atoms with Crippen LogP contribution in [0.15, 0.2) is 44.6 Å². The van der Waals surface area contributed by atoms with Crippen LogP contribution >= 0.6 is 0 Å². The van der Waals surface area contributed by atoms with E-state index >= 15 is 0 Å². The van der Waals surface area contributed by atoms with Crippen LogP contribution in [0.5, 0.6) is 0 Å². The highest BCUT2D eigenvalue weighted by Gasteiger charge is 2.62. The molecule has 2 saturated carbocycles. The van der Waals surface area contributed by atoms with Gasteiger partial charge in [0.2, 0.25) is 0 Å². The molecule has 41 heavy (non-hydrogen) atoms. The smallest absolute Gasteiger partial charge is 0.0553 e. The highest BCUT2D eigenvalue weighted by molar-refractivity contribution is 6.80. The molecule has 0 saturated heterocycles. The summed E-state index contributed by atoms with van der Waals surface area (Å²) in [5.41, 5.74) is 18.6. The molecule has 1 heteroatoms. The number of hydrogen-bond donors (Lipinski definition) is 0. The first-order valence-corrected chi connectivity index (χ1v) is 21.4. The Hall–Kier alpha value is -0.823. The van der Waals surface area contributed by atoms with Gasteiger partial charge in [-0.3, -0.25) is 0 Å². The van der Waals surface area contributed by atoms with Crippen LogP contribution in [0.1, 0.15) is 131 Å². The van der Waals surface area contributed by atoms with Gasteiger partial charge in [0, 0.05) is 0 Å². The molecule has 0 aliphatic heterocycles. The minimum atomic E-state index is -1.62. The molecule has 0 aromatic carbocycles. The molecule has 8 aliphatic carbocycles. The van der Waals surface area contributed by atoms with Gasteiger partial charge in [0.05, 0.1) is 8.07 Å². The first kappa shape index (κ1) is 27.7. The summed E-state index contributed by atoms with van der Waals surface area (Å²) in [6, 6.07) is 0. The van der Waals surface area contributed by atoms with Gasteiger partial charge in [-0.15, -0.1) is 0 Å².